The van der Waals surface area contributed by atoms with E-state index in [2.05, 4.69) is 17.3 Å². The van der Waals surface area contributed by atoms with Crippen LogP contribution in [0.5, 0.6) is 11.5 Å². The largest absolute Gasteiger partial charge is 0.497 e. The molecule has 0 aliphatic heterocycles. The average molecular weight is 418 g/mol. The van der Waals surface area contributed by atoms with E-state index < -0.39 is 0 Å². The van der Waals surface area contributed by atoms with Gasteiger partial charge in [-0.15, -0.1) is 0 Å². The van der Waals surface area contributed by atoms with Gasteiger partial charge in [-0.2, -0.15) is 5.10 Å². The van der Waals surface area contributed by atoms with Crippen LogP contribution in [0.4, 0.5) is 5.82 Å². The zero-order valence-electron chi connectivity index (χ0n) is 18.2. The second kappa shape index (κ2) is 8.63. The lowest BCUT2D eigenvalue weighted by molar-refractivity contribution is 0.102. The Balaban J connectivity index is 1.79. The number of aryl methyl sites for hydroxylation is 2. The van der Waals surface area contributed by atoms with Crippen LogP contribution in [0.3, 0.4) is 0 Å². The molecule has 0 saturated carbocycles. The van der Waals surface area contributed by atoms with Gasteiger partial charge in [-0.3, -0.25) is 4.79 Å². The van der Waals surface area contributed by atoms with Gasteiger partial charge in [0.15, 0.2) is 11.5 Å². The van der Waals surface area contributed by atoms with Crippen molar-refractivity contribution in [3.05, 3.63) is 53.6 Å². The Bertz CT molecular complexity index is 1240. The molecule has 7 nitrogen and oxygen atoms in total. The lowest BCUT2D eigenvalue weighted by atomic mass is 10.1. The lowest BCUT2D eigenvalue weighted by Crippen LogP contribution is -2.13. The molecule has 2 heterocycles. The van der Waals surface area contributed by atoms with E-state index in [1.807, 2.05) is 35.9 Å². The van der Waals surface area contributed by atoms with E-state index >= 15 is 0 Å². The molecular formula is C24H26N4O3. The van der Waals surface area contributed by atoms with E-state index in [4.69, 9.17) is 14.5 Å². The van der Waals surface area contributed by atoms with Crippen molar-refractivity contribution in [2.24, 2.45) is 0 Å². The Labute approximate surface area is 181 Å². The number of para-hydroxylation sites is 1. The van der Waals surface area contributed by atoms with E-state index in [-0.39, 0.29) is 5.91 Å². The summed E-state index contributed by atoms with van der Waals surface area (Å²) in [6, 6.07) is 13.2. The van der Waals surface area contributed by atoms with Gasteiger partial charge in [0.05, 0.1) is 25.1 Å². The minimum absolute atomic E-state index is 0.288. The third-order valence-electron chi connectivity index (χ3n) is 5.32. The number of unbranched alkanes of at least 4 members (excludes halogenated alkanes) is 1. The van der Waals surface area contributed by atoms with Crippen molar-refractivity contribution in [3.63, 3.8) is 0 Å². The van der Waals surface area contributed by atoms with Gasteiger partial charge >= 0.3 is 0 Å². The molecule has 0 spiro atoms. The molecule has 0 bridgehead atoms. The fourth-order valence-corrected chi connectivity index (χ4v) is 3.60. The lowest BCUT2D eigenvalue weighted by Gasteiger charge is -2.08. The maximum absolute atomic E-state index is 13.0. The van der Waals surface area contributed by atoms with Gasteiger partial charge in [0.2, 0.25) is 0 Å². The fourth-order valence-electron chi connectivity index (χ4n) is 3.60. The molecule has 31 heavy (non-hydrogen) atoms. The standard InChI is InChI=1S/C24H26N4O3/c1-5-6-10-28-23-20(13-16-9-7-8-15(2)21(16)25-23)22(27-28)26-24(29)17-11-18(30-3)14-19(12-17)31-4/h7-9,11-14H,5-6,10H2,1-4H3,(H,26,27,29). The van der Waals surface area contributed by atoms with Gasteiger partial charge in [-0.25, -0.2) is 9.67 Å². The number of amides is 1. The van der Waals surface area contributed by atoms with Crippen LogP contribution < -0.4 is 14.8 Å². The first kappa shape index (κ1) is 20.7. The first-order valence-electron chi connectivity index (χ1n) is 10.4. The topological polar surface area (TPSA) is 78.3 Å². The molecule has 1 N–H and O–H groups in total. The molecular weight excluding hydrogens is 392 g/mol. The number of hydrogen-bond donors (Lipinski definition) is 1. The SMILES string of the molecule is CCCCn1nc(NC(=O)c2cc(OC)cc(OC)c2)c2cc3cccc(C)c3nc21. The Morgan fingerprint density at radius 2 is 1.84 bits per heavy atom. The first-order valence-corrected chi connectivity index (χ1v) is 10.4. The Morgan fingerprint density at radius 1 is 1.10 bits per heavy atom. The zero-order chi connectivity index (χ0) is 22.0. The van der Waals surface area contributed by atoms with E-state index in [9.17, 15) is 4.79 Å². The minimum atomic E-state index is -0.288. The second-order valence-electron chi connectivity index (χ2n) is 7.49. The van der Waals surface area contributed by atoms with E-state index in [1.54, 1.807) is 32.4 Å². The average Bonchev–Trinajstić information content (AvgIpc) is 3.12. The molecule has 2 aromatic carbocycles. The third kappa shape index (κ3) is 4.03. The van der Waals surface area contributed by atoms with Crippen LogP contribution in [-0.2, 0) is 6.54 Å². The number of aromatic nitrogens is 3. The van der Waals surface area contributed by atoms with Crippen LogP contribution in [0, 0.1) is 6.92 Å². The molecule has 160 valence electrons. The van der Waals surface area contributed by atoms with E-state index in [0.29, 0.717) is 22.9 Å². The van der Waals surface area contributed by atoms with Gasteiger partial charge in [-0.1, -0.05) is 31.5 Å². The van der Waals surface area contributed by atoms with Crippen LogP contribution in [0.15, 0.2) is 42.5 Å². The van der Waals surface area contributed by atoms with E-state index in [1.165, 1.54) is 0 Å². The summed E-state index contributed by atoms with van der Waals surface area (Å²) in [5, 5.41) is 9.48. The van der Waals surface area contributed by atoms with Crippen molar-refractivity contribution >= 4 is 33.7 Å². The first-order chi connectivity index (χ1) is 15.0. The van der Waals surface area contributed by atoms with Gasteiger partial charge < -0.3 is 14.8 Å². The van der Waals surface area contributed by atoms with Gasteiger partial charge in [0, 0.05) is 23.6 Å². The summed E-state index contributed by atoms with van der Waals surface area (Å²) in [6.07, 6.45) is 2.02. The number of ether oxygens (including phenoxy) is 2. The molecule has 0 unspecified atom stereocenters. The molecule has 4 rings (SSSR count). The smallest absolute Gasteiger partial charge is 0.257 e. The number of fused-ring (bicyclic) bond motifs is 2. The predicted molar refractivity (Wildman–Crippen MR) is 122 cm³/mol. The van der Waals surface area contributed by atoms with Gasteiger partial charge in [0.1, 0.15) is 11.5 Å². The van der Waals surface area contributed by atoms with Crippen molar-refractivity contribution < 1.29 is 14.3 Å². The van der Waals surface area contributed by atoms with E-state index in [0.717, 1.165) is 46.9 Å². The van der Waals surface area contributed by atoms with Crippen LogP contribution in [0.2, 0.25) is 0 Å². The number of nitrogens with one attached hydrogen (secondary N) is 1. The van der Waals surface area contributed by atoms with Crippen molar-refractivity contribution in [2.75, 3.05) is 19.5 Å². The number of nitrogens with zero attached hydrogens (tertiary/aromatic N) is 3. The number of carbonyl (C=O) groups is 1. The number of carbonyl (C=O) groups excluding carboxylic acids is 1. The molecule has 0 fully saturated rings. The zero-order valence-corrected chi connectivity index (χ0v) is 18.2. The minimum Gasteiger partial charge on any atom is -0.497 e. The summed E-state index contributed by atoms with van der Waals surface area (Å²) in [6.45, 7) is 4.92. The molecule has 4 aromatic rings. The number of benzene rings is 2. The quantitative estimate of drug-likeness (QED) is 0.459. The molecule has 0 radical (unpaired) electrons. The van der Waals surface area contributed by atoms with Crippen molar-refractivity contribution in [2.45, 2.75) is 33.2 Å². The maximum Gasteiger partial charge on any atom is 0.257 e. The van der Waals surface area contributed by atoms with Crippen molar-refractivity contribution in [1.82, 2.24) is 14.8 Å². The molecule has 2 aromatic heterocycles. The van der Waals surface area contributed by atoms with Gasteiger partial charge in [0.25, 0.3) is 5.91 Å². The summed E-state index contributed by atoms with van der Waals surface area (Å²) < 4.78 is 12.5. The number of methoxy groups -OCH3 is 2. The molecule has 1 amide bonds. The monoisotopic (exact) mass is 418 g/mol. The highest BCUT2D eigenvalue weighted by Crippen LogP contribution is 2.29. The van der Waals surface area contributed by atoms with Crippen LogP contribution >= 0.6 is 0 Å². The summed E-state index contributed by atoms with van der Waals surface area (Å²) in [5.41, 5.74) is 3.26. The number of hydrogen-bond acceptors (Lipinski definition) is 5. The highest BCUT2D eigenvalue weighted by molar-refractivity contribution is 6.09. The molecule has 7 heteroatoms. The summed E-state index contributed by atoms with van der Waals surface area (Å²) in [5.74, 6) is 1.30. The number of pyridine rings is 1. The molecule has 0 aliphatic rings. The number of rotatable bonds is 7. The Kier molecular flexibility index (Phi) is 5.75. The maximum atomic E-state index is 13.0. The van der Waals surface area contributed by atoms with Crippen LogP contribution in [0.1, 0.15) is 35.7 Å². The Hall–Kier alpha value is -3.61. The molecule has 0 saturated heterocycles. The van der Waals surface area contributed by atoms with Crippen molar-refractivity contribution in [1.29, 1.82) is 0 Å². The predicted octanol–water partition coefficient (Wildman–Crippen LogP) is 4.96. The second-order valence-corrected chi connectivity index (χ2v) is 7.49. The van der Waals surface area contributed by atoms with Gasteiger partial charge in [-0.05, 0) is 37.1 Å². The fraction of sp³-hybridized carbons (Fsp3) is 0.292. The Morgan fingerprint density at radius 3 is 2.52 bits per heavy atom. The van der Waals surface area contributed by atoms with Crippen molar-refractivity contribution in [3.8, 4) is 11.5 Å². The summed E-state index contributed by atoms with van der Waals surface area (Å²) >= 11 is 0. The molecule has 0 aliphatic carbocycles. The highest BCUT2D eigenvalue weighted by atomic mass is 16.5. The highest BCUT2D eigenvalue weighted by Gasteiger charge is 2.18. The summed E-state index contributed by atoms with van der Waals surface area (Å²) in [4.78, 5) is 17.9. The van der Waals surface area contributed by atoms with Crippen LogP contribution in [0.25, 0.3) is 21.9 Å². The summed E-state index contributed by atoms with van der Waals surface area (Å²) in [7, 11) is 3.11. The normalized spacial score (nSPS) is 11.1. The molecule has 0 atom stereocenters. The number of anilines is 1. The van der Waals surface area contributed by atoms with Crippen LogP contribution in [-0.4, -0.2) is 34.9 Å². The third-order valence-corrected chi connectivity index (χ3v) is 5.32.